The van der Waals surface area contributed by atoms with E-state index in [4.69, 9.17) is 16.2 Å². The first-order chi connectivity index (χ1) is 9.43. The van der Waals surface area contributed by atoms with E-state index in [0.717, 1.165) is 0 Å². The molecule has 0 heterocycles. The Hall–Kier alpha value is -2.08. The van der Waals surface area contributed by atoms with Gasteiger partial charge in [0.2, 0.25) is 5.91 Å². The van der Waals surface area contributed by atoms with Crippen LogP contribution in [-0.4, -0.2) is 25.0 Å². The van der Waals surface area contributed by atoms with Crippen LogP contribution in [0.3, 0.4) is 0 Å². The second-order valence-electron chi connectivity index (χ2n) is 4.86. The van der Waals surface area contributed by atoms with Crippen molar-refractivity contribution in [1.29, 1.82) is 0 Å². The van der Waals surface area contributed by atoms with Crippen molar-refractivity contribution >= 4 is 17.5 Å². The van der Waals surface area contributed by atoms with Crippen molar-refractivity contribution in [3.05, 3.63) is 24.3 Å². The van der Waals surface area contributed by atoms with Gasteiger partial charge in [0.15, 0.2) is 6.61 Å². The minimum Gasteiger partial charge on any atom is -0.484 e. The number of nitrogens with two attached hydrogens (primary N) is 2. The fourth-order valence-electron chi connectivity index (χ4n) is 1.74. The average molecular weight is 279 g/mol. The van der Waals surface area contributed by atoms with Crippen LogP contribution in [0.2, 0.25) is 0 Å². The molecule has 6 heteroatoms. The molecule has 0 radical (unpaired) electrons. The molecule has 1 aromatic carbocycles. The van der Waals surface area contributed by atoms with Gasteiger partial charge >= 0.3 is 0 Å². The molecule has 0 aliphatic heterocycles. The molecule has 0 saturated carbocycles. The zero-order chi connectivity index (χ0) is 15.1. The van der Waals surface area contributed by atoms with Gasteiger partial charge in [0, 0.05) is 18.3 Å². The zero-order valence-corrected chi connectivity index (χ0v) is 11.8. The third-order valence-electron chi connectivity index (χ3n) is 2.88. The first kappa shape index (κ1) is 16.0. The SMILES string of the molecule is CC(C)C(CN)C(=O)Nc1cccc(OCC(N)=O)c1. The Kier molecular flexibility index (Phi) is 5.99. The number of amides is 2. The van der Waals surface area contributed by atoms with Crippen molar-refractivity contribution in [2.45, 2.75) is 13.8 Å². The Morgan fingerprint density at radius 3 is 2.60 bits per heavy atom. The van der Waals surface area contributed by atoms with Gasteiger partial charge in [-0.25, -0.2) is 0 Å². The summed E-state index contributed by atoms with van der Waals surface area (Å²) >= 11 is 0. The van der Waals surface area contributed by atoms with Gasteiger partial charge in [0.05, 0.1) is 5.92 Å². The van der Waals surface area contributed by atoms with Crippen LogP contribution in [0.15, 0.2) is 24.3 Å². The van der Waals surface area contributed by atoms with Crippen LogP contribution < -0.4 is 21.5 Å². The van der Waals surface area contributed by atoms with Crippen molar-refractivity contribution in [2.75, 3.05) is 18.5 Å². The molecule has 0 fully saturated rings. The maximum Gasteiger partial charge on any atom is 0.255 e. The highest BCUT2D eigenvalue weighted by atomic mass is 16.5. The molecule has 0 aliphatic carbocycles. The molecule has 1 aromatic rings. The molecule has 6 nitrogen and oxygen atoms in total. The van der Waals surface area contributed by atoms with E-state index in [1.54, 1.807) is 24.3 Å². The lowest BCUT2D eigenvalue weighted by atomic mass is 9.95. The Labute approximate surface area is 118 Å². The lowest BCUT2D eigenvalue weighted by Gasteiger charge is -2.18. The summed E-state index contributed by atoms with van der Waals surface area (Å²) in [6.45, 7) is 3.99. The summed E-state index contributed by atoms with van der Waals surface area (Å²) < 4.78 is 5.17. The minimum atomic E-state index is -0.553. The van der Waals surface area contributed by atoms with E-state index in [2.05, 4.69) is 5.32 Å². The van der Waals surface area contributed by atoms with E-state index >= 15 is 0 Å². The van der Waals surface area contributed by atoms with Crippen LogP contribution in [0.25, 0.3) is 0 Å². The molecule has 110 valence electrons. The Balaban J connectivity index is 2.70. The molecular formula is C14H21N3O3. The number of hydrogen-bond donors (Lipinski definition) is 3. The number of ether oxygens (including phenoxy) is 1. The molecule has 2 amide bonds. The minimum absolute atomic E-state index is 0.130. The lowest BCUT2D eigenvalue weighted by molar-refractivity contribution is -0.121. The summed E-state index contributed by atoms with van der Waals surface area (Å²) in [6, 6.07) is 6.78. The van der Waals surface area contributed by atoms with Crippen LogP contribution in [0.5, 0.6) is 5.75 Å². The van der Waals surface area contributed by atoms with Crippen LogP contribution in [0.4, 0.5) is 5.69 Å². The van der Waals surface area contributed by atoms with Crippen molar-refractivity contribution in [1.82, 2.24) is 0 Å². The third kappa shape index (κ3) is 4.89. The molecule has 5 N–H and O–H groups in total. The Morgan fingerprint density at radius 2 is 2.05 bits per heavy atom. The number of carbonyl (C=O) groups excluding carboxylic acids is 2. The molecule has 0 saturated heterocycles. The van der Waals surface area contributed by atoms with Crippen LogP contribution in [-0.2, 0) is 9.59 Å². The van der Waals surface area contributed by atoms with Gasteiger partial charge in [-0.1, -0.05) is 19.9 Å². The maximum absolute atomic E-state index is 12.1. The molecule has 20 heavy (non-hydrogen) atoms. The average Bonchev–Trinajstić information content (AvgIpc) is 2.37. The van der Waals surface area contributed by atoms with Crippen molar-refractivity contribution in [2.24, 2.45) is 23.3 Å². The number of anilines is 1. The standard InChI is InChI=1S/C14H21N3O3/c1-9(2)12(7-15)14(19)17-10-4-3-5-11(6-10)20-8-13(16)18/h3-6,9,12H,7-8,15H2,1-2H3,(H2,16,18)(H,17,19). The van der Waals surface area contributed by atoms with Gasteiger partial charge in [0.25, 0.3) is 5.91 Å². The van der Waals surface area contributed by atoms with Crippen molar-refractivity contribution in [3.63, 3.8) is 0 Å². The predicted molar refractivity (Wildman–Crippen MR) is 77.1 cm³/mol. The predicted octanol–water partition coefficient (Wildman–Crippen LogP) is 0.720. The van der Waals surface area contributed by atoms with Gasteiger partial charge in [-0.05, 0) is 18.1 Å². The summed E-state index contributed by atoms with van der Waals surface area (Å²) in [5.74, 6) is -0.299. The smallest absolute Gasteiger partial charge is 0.255 e. The number of benzene rings is 1. The fraction of sp³-hybridized carbons (Fsp3) is 0.429. The molecule has 0 bridgehead atoms. The molecule has 1 unspecified atom stereocenters. The normalized spacial score (nSPS) is 12.0. The highest BCUT2D eigenvalue weighted by Gasteiger charge is 2.20. The fourth-order valence-corrected chi connectivity index (χ4v) is 1.74. The Bertz CT molecular complexity index is 474. The second kappa shape index (κ2) is 7.49. The summed E-state index contributed by atoms with van der Waals surface area (Å²) in [7, 11) is 0. The number of rotatable bonds is 7. The Morgan fingerprint density at radius 1 is 1.35 bits per heavy atom. The van der Waals surface area contributed by atoms with Crippen LogP contribution in [0, 0.1) is 11.8 Å². The van der Waals surface area contributed by atoms with Crippen LogP contribution >= 0.6 is 0 Å². The zero-order valence-electron chi connectivity index (χ0n) is 11.8. The van der Waals surface area contributed by atoms with E-state index in [0.29, 0.717) is 18.0 Å². The first-order valence-electron chi connectivity index (χ1n) is 6.46. The molecule has 0 aromatic heterocycles. The van der Waals surface area contributed by atoms with Gasteiger partial charge in [-0.3, -0.25) is 9.59 Å². The summed E-state index contributed by atoms with van der Waals surface area (Å²) in [4.78, 5) is 22.7. The molecule has 0 spiro atoms. The number of carbonyl (C=O) groups is 2. The first-order valence-corrected chi connectivity index (χ1v) is 6.46. The highest BCUT2D eigenvalue weighted by molar-refractivity contribution is 5.93. The van der Waals surface area contributed by atoms with E-state index in [-0.39, 0.29) is 24.3 Å². The molecule has 1 atom stereocenters. The van der Waals surface area contributed by atoms with Crippen molar-refractivity contribution < 1.29 is 14.3 Å². The largest absolute Gasteiger partial charge is 0.484 e. The quantitative estimate of drug-likeness (QED) is 0.683. The maximum atomic E-state index is 12.1. The molecule has 0 aliphatic rings. The topological polar surface area (TPSA) is 107 Å². The van der Waals surface area contributed by atoms with Gasteiger partial charge in [-0.15, -0.1) is 0 Å². The summed E-state index contributed by atoms with van der Waals surface area (Å²) in [5.41, 5.74) is 11.2. The highest BCUT2D eigenvalue weighted by Crippen LogP contribution is 2.19. The van der Waals surface area contributed by atoms with E-state index in [1.165, 1.54) is 0 Å². The monoisotopic (exact) mass is 279 g/mol. The van der Waals surface area contributed by atoms with Gasteiger partial charge < -0.3 is 21.5 Å². The summed E-state index contributed by atoms with van der Waals surface area (Å²) in [6.07, 6.45) is 0. The number of primary amides is 1. The second-order valence-corrected chi connectivity index (χ2v) is 4.86. The lowest BCUT2D eigenvalue weighted by Crippen LogP contribution is -2.33. The van der Waals surface area contributed by atoms with Gasteiger partial charge in [-0.2, -0.15) is 0 Å². The molecular weight excluding hydrogens is 258 g/mol. The number of nitrogens with one attached hydrogen (secondary N) is 1. The van der Waals surface area contributed by atoms with E-state index in [1.807, 2.05) is 13.8 Å². The van der Waals surface area contributed by atoms with E-state index < -0.39 is 5.91 Å². The number of hydrogen-bond acceptors (Lipinski definition) is 4. The summed E-state index contributed by atoms with van der Waals surface area (Å²) in [5, 5.41) is 2.79. The van der Waals surface area contributed by atoms with Crippen LogP contribution in [0.1, 0.15) is 13.8 Å². The van der Waals surface area contributed by atoms with Gasteiger partial charge in [0.1, 0.15) is 5.75 Å². The third-order valence-corrected chi connectivity index (χ3v) is 2.88. The van der Waals surface area contributed by atoms with Crippen molar-refractivity contribution in [3.8, 4) is 5.75 Å². The van der Waals surface area contributed by atoms with E-state index in [9.17, 15) is 9.59 Å². The molecule has 1 rings (SSSR count).